The van der Waals surface area contributed by atoms with Gasteiger partial charge in [0.1, 0.15) is 0 Å². The molecule has 0 aromatic heterocycles. The Balaban J connectivity index is 0.00000288. The molecule has 0 unspecified atom stereocenters. The molecule has 0 atom stereocenters. The van der Waals surface area contributed by atoms with Gasteiger partial charge in [-0.25, -0.2) is 4.79 Å². The van der Waals surface area contributed by atoms with E-state index >= 15 is 0 Å². The Bertz CT molecular complexity index is 394. The number of carbonyl (C=O) groups is 1. The first-order valence-corrected chi connectivity index (χ1v) is 8.89. The number of ether oxygens (including phenoxy) is 1. The second kappa shape index (κ2) is 11.7. The smallest absolute Gasteiger partial charge is 0.409 e. The van der Waals surface area contributed by atoms with Gasteiger partial charge < -0.3 is 25.6 Å². The minimum Gasteiger partial charge on any atom is -0.450 e. The first-order chi connectivity index (χ1) is 11.2. The van der Waals surface area contributed by atoms with Crippen molar-refractivity contribution in [2.75, 3.05) is 45.9 Å². The van der Waals surface area contributed by atoms with Crippen molar-refractivity contribution in [2.45, 2.75) is 45.1 Å². The molecule has 0 aromatic rings. The number of carbonyl (C=O) groups excluding carboxylic acids is 1. The van der Waals surface area contributed by atoms with Gasteiger partial charge in [0.05, 0.1) is 13.2 Å². The number of halogens is 1. The fraction of sp³-hybridized carbons (Fsp3) is 0.875. The summed E-state index contributed by atoms with van der Waals surface area (Å²) < 4.78 is 5.02. The summed E-state index contributed by atoms with van der Waals surface area (Å²) in [6, 6.07) is 0.291. The molecule has 2 saturated heterocycles. The van der Waals surface area contributed by atoms with Crippen LogP contribution in [0.25, 0.3) is 0 Å². The summed E-state index contributed by atoms with van der Waals surface area (Å²) in [5.41, 5.74) is 5.98. The van der Waals surface area contributed by atoms with E-state index in [2.05, 4.69) is 15.2 Å². The number of guanidine groups is 1. The number of likely N-dealkylation sites (tertiary alicyclic amines) is 2. The lowest BCUT2D eigenvalue weighted by Crippen LogP contribution is -2.48. The Morgan fingerprint density at radius 2 is 1.88 bits per heavy atom. The van der Waals surface area contributed by atoms with E-state index in [1.807, 2.05) is 6.92 Å². The van der Waals surface area contributed by atoms with Gasteiger partial charge in [-0.05, 0) is 45.7 Å². The molecule has 140 valence electrons. The van der Waals surface area contributed by atoms with E-state index in [1.54, 1.807) is 4.90 Å². The SMILES string of the molecule is CCOC(=O)N1CCC(NC(N)=NCCN2CCCCC2)CC1.I. The number of piperidine rings is 2. The molecule has 0 spiro atoms. The topological polar surface area (TPSA) is 83.2 Å². The molecule has 2 rings (SSSR count). The highest BCUT2D eigenvalue weighted by atomic mass is 127. The summed E-state index contributed by atoms with van der Waals surface area (Å²) in [7, 11) is 0. The summed E-state index contributed by atoms with van der Waals surface area (Å²) >= 11 is 0. The Morgan fingerprint density at radius 3 is 2.50 bits per heavy atom. The van der Waals surface area contributed by atoms with Gasteiger partial charge in [0.15, 0.2) is 5.96 Å². The van der Waals surface area contributed by atoms with Crippen LogP contribution in [0.15, 0.2) is 4.99 Å². The molecule has 2 fully saturated rings. The van der Waals surface area contributed by atoms with Crippen LogP contribution in [0, 0.1) is 0 Å². The highest BCUT2D eigenvalue weighted by molar-refractivity contribution is 14.0. The van der Waals surface area contributed by atoms with Gasteiger partial charge in [0.25, 0.3) is 0 Å². The van der Waals surface area contributed by atoms with Crippen LogP contribution in [-0.4, -0.2) is 73.8 Å². The molecule has 2 aliphatic rings. The number of amides is 1. The van der Waals surface area contributed by atoms with Crippen LogP contribution < -0.4 is 11.1 Å². The number of aliphatic imine (C=N–C) groups is 1. The van der Waals surface area contributed by atoms with Crippen LogP contribution in [0.3, 0.4) is 0 Å². The molecule has 0 aliphatic carbocycles. The predicted octanol–water partition coefficient (Wildman–Crippen LogP) is 1.62. The Labute approximate surface area is 162 Å². The lowest BCUT2D eigenvalue weighted by atomic mass is 10.1. The van der Waals surface area contributed by atoms with E-state index < -0.39 is 0 Å². The van der Waals surface area contributed by atoms with Crippen molar-refractivity contribution in [3.8, 4) is 0 Å². The van der Waals surface area contributed by atoms with Crippen molar-refractivity contribution < 1.29 is 9.53 Å². The van der Waals surface area contributed by atoms with Crippen molar-refractivity contribution in [3.05, 3.63) is 0 Å². The molecule has 2 aliphatic heterocycles. The molecule has 0 saturated carbocycles. The third-order valence-corrected chi connectivity index (χ3v) is 4.52. The van der Waals surface area contributed by atoms with Gasteiger partial charge >= 0.3 is 6.09 Å². The monoisotopic (exact) mass is 453 g/mol. The normalized spacial score (nSPS) is 20.4. The highest BCUT2D eigenvalue weighted by Crippen LogP contribution is 2.11. The van der Waals surface area contributed by atoms with Crippen molar-refractivity contribution in [3.63, 3.8) is 0 Å². The number of nitrogens with zero attached hydrogens (tertiary/aromatic N) is 3. The number of rotatable bonds is 5. The number of hydrogen-bond donors (Lipinski definition) is 2. The third-order valence-electron chi connectivity index (χ3n) is 4.52. The zero-order valence-electron chi connectivity index (χ0n) is 14.7. The summed E-state index contributed by atoms with van der Waals surface area (Å²) in [6.45, 7) is 7.78. The quantitative estimate of drug-likeness (QED) is 0.376. The van der Waals surface area contributed by atoms with Crippen molar-refractivity contribution in [2.24, 2.45) is 10.7 Å². The summed E-state index contributed by atoms with van der Waals surface area (Å²) in [4.78, 5) is 20.3. The standard InChI is InChI=1S/C16H31N5O2.HI/c1-2-23-16(22)21-11-6-14(7-12-21)19-15(17)18-8-13-20-9-4-3-5-10-20;/h14H,2-13H2,1H3,(H3,17,18,19);1H. The van der Waals surface area contributed by atoms with E-state index in [0.717, 1.165) is 25.9 Å². The van der Waals surface area contributed by atoms with Crippen molar-refractivity contribution in [1.82, 2.24) is 15.1 Å². The second-order valence-corrected chi connectivity index (χ2v) is 6.27. The van der Waals surface area contributed by atoms with E-state index in [9.17, 15) is 4.79 Å². The highest BCUT2D eigenvalue weighted by Gasteiger charge is 2.23. The van der Waals surface area contributed by atoms with Gasteiger partial charge in [-0.2, -0.15) is 0 Å². The van der Waals surface area contributed by atoms with Crippen LogP contribution in [-0.2, 0) is 4.74 Å². The molecule has 8 heteroatoms. The first-order valence-electron chi connectivity index (χ1n) is 8.89. The molecule has 0 radical (unpaired) electrons. The van der Waals surface area contributed by atoms with Gasteiger partial charge in [-0.15, -0.1) is 24.0 Å². The summed E-state index contributed by atoms with van der Waals surface area (Å²) in [6.07, 6.45) is 5.50. The van der Waals surface area contributed by atoms with E-state index in [1.165, 1.54) is 32.4 Å². The number of nitrogens with one attached hydrogen (secondary N) is 1. The summed E-state index contributed by atoms with van der Waals surface area (Å²) in [5.74, 6) is 0.525. The number of nitrogens with two attached hydrogens (primary N) is 1. The van der Waals surface area contributed by atoms with Gasteiger partial charge in [-0.3, -0.25) is 4.99 Å². The summed E-state index contributed by atoms with van der Waals surface area (Å²) in [5, 5.41) is 3.28. The Morgan fingerprint density at radius 1 is 1.21 bits per heavy atom. The molecule has 0 aromatic carbocycles. The van der Waals surface area contributed by atoms with Crippen molar-refractivity contribution in [1.29, 1.82) is 0 Å². The van der Waals surface area contributed by atoms with Crippen LogP contribution >= 0.6 is 24.0 Å². The molecule has 3 N–H and O–H groups in total. The Hall–Kier alpha value is -0.770. The van der Waals surface area contributed by atoms with Gasteiger partial charge in [0.2, 0.25) is 0 Å². The molecule has 0 bridgehead atoms. The zero-order chi connectivity index (χ0) is 16.5. The van der Waals surface area contributed by atoms with E-state index in [-0.39, 0.29) is 30.1 Å². The zero-order valence-corrected chi connectivity index (χ0v) is 17.0. The fourth-order valence-corrected chi connectivity index (χ4v) is 3.17. The van der Waals surface area contributed by atoms with Crippen LogP contribution in [0.5, 0.6) is 0 Å². The van der Waals surface area contributed by atoms with Crippen LogP contribution in [0.1, 0.15) is 39.0 Å². The lowest BCUT2D eigenvalue weighted by molar-refractivity contribution is 0.0963. The maximum absolute atomic E-state index is 11.6. The maximum atomic E-state index is 11.6. The molecule has 24 heavy (non-hydrogen) atoms. The second-order valence-electron chi connectivity index (χ2n) is 6.27. The van der Waals surface area contributed by atoms with Crippen LogP contribution in [0.2, 0.25) is 0 Å². The fourth-order valence-electron chi connectivity index (χ4n) is 3.17. The molecular formula is C16H32IN5O2. The van der Waals surface area contributed by atoms with E-state index in [0.29, 0.717) is 31.7 Å². The largest absolute Gasteiger partial charge is 0.450 e. The third kappa shape index (κ3) is 7.42. The van der Waals surface area contributed by atoms with Crippen LogP contribution in [0.4, 0.5) is 4.79 Å². The predicted molar refractivity (Wildman–Crippen MR) is 107 cm³/mol. The molecular weight excluding hydrogens is 421 g/mol. The van der Waals surface area contributed by atoms with Gasteiger partial charge in [0, 0.05) is 25.7 Å². The molecule has 7 nitrogen and oxygen atoms in total. The molecule has 1 amide bonds. The van der Waals surface area contributed by atoms with Crippen molar-refractivity contribution >= 4 is 36.0 Å². The van der Waals surface area contributed by atoms with Gasteiger partial charge in [-0.1, -0.05) is 6.42 Å². The molecule has 2 heterocycles. The average molecular weight is 453 g/mol. The maximum Gasteiger partial charge on any atom is 0.409 e. The lowest BCUT2D eigenvalue weighted by Gasteiger charge is -2.31. The minimum atomic E-state index is -0.214. The average Bonchev–Trinajstić information content (AvgIpc) is 2.57. The first kappa shape index (κ1) is 21.3. The Kier molecular flexibility index (Phi) is 10.4. The van der Waals surface area contributed by atoms with E-state index in [4.69, 9.17) is 10.5 Å². The number of hydrogen-bond acceptors (Lipinski definition) is 4. The minimum absolute atomic E-state index is 0.